The van der Waals surface area contributed by atoms with Gasteiger partial charge < -0.3 is 0 Å². The van der Waals surface area contributed by atoms with Gasteiger partial charge in [-0.1, -0.05) is 0 Å². The Labute approximate surface area is 137 Å². The Morgan fingerprint density at radius 1 is 0.625 bits per heavy atom. The summed E-state index contributed by atoms with van der Waals surface area (Å²) >= 11 is 1.21. The first-order valence-electron chi connectivity index (χ1n) is 6.73. The quantitative estimate of drug-likeness (QED) is 0.371. The maximum Gasteiger partial charge on any atom is 0.213 e. The van der Waals surface area contributed by atoms with Gasteiger partial charge in [0.05, 0.1) is 30.9 Å². The first-order chi connectivity index (χ1) is 11.4. The normalized spacial score (nSPS) is 12.5. The molecule has 118 valence electrons. The van der Waals surface area contributed by atoms with E-state index in [1.807, 2.05) is 0 Å². The van der Waals surface area contributed by atoms with Gasteiger partial charge in [0.2, 0.25) is 10.3 Å². The fourth-order valence-electron chi connectivity index (χ4n) is 3.25. The summed E-state index contributed by atoms with van der Waals surface area (Å²) in [6, 6.07) is 3.07. The molecule has 0 spiro atoms. The van der Waals surface area contributed by atoms with E-state index >= 15 is 0 Å². The summed E-state index contributed by atoms with van der Waals surface area (Å²) in [7, 11) is 0. The van der Waals surface area contributed by atoms with Crippen LogP contribution in [0, 0.1) is 32.7 Å². The predicted octanol–water partition coefficient (Wildman–Crippen LogP) is 4.81. The summed E-state index contributed by atoms with van der Waals surface area (Å²) in [6.07, 6.45) is 0. The highest BCUT2D eigenvalue weighted by atomic mass is 32.1. The molecule has 2 aromatic heterocycles. The maximum absolute atomic E-state index is 13.9. The zero-order chi connectivity index (χ0) is 16.9. The summed E-state index contributed by atoms with van der Waals surface area (Å²) in [6.45, 7) is 0. The van der Waals surface area contributed by atoms with Gasteiger partial charge in [-0.25, -0.2) is 8.78 Å². The van der Waals surface area contributed by atoms with Crippen LogP contribution >= 0.6 is 22.7 Å². The van der Waals surface area contributed by atoms with Crippen molar-refractivity contribution in [2.75, 3.05) is 0 Å². The second kappa shape index (κ2) is 4.20. The Morgan fingerprint density at radius 2 is 1.00 bits per heavy atom. The standard InChI is InChI=1S/C16H4F4N2S2/c17-9-7-11(21)3-1-5-4(2-6(3)14(7)24-16(9)20)12(22)8-10(18)15(19)23-13(5)8/h1-2,21-22H. The number of hydrogen-bond acceptors (Lipinski definition) is 4. The highest BCUT2D eigenvalue weighted by Gasteiger charge is 2.23. The molecular weight excluding hydrogens is 360 g/mol. The highest BCUT2D eigenvalue weighted by Crippen LogP contribution is 2.39. The van der Waals surface area contributed by atoms with Gasteiger partial charge >= 0.3 is 0 Å². The van der Waals surface area contributed by atoms with Crippen LogP contribution in [0.4, 0.5) is 17.6 Å². The van der Waals surface area contributed by atoms with E-state index in [4.69, 9.17) is 10.8 Å². The number of thiophene rings is 2. The fourth-order valence-corrected chi connectivity index (χ4v) is 5.14. The molecule has 2 N–H and O–H groups in total. The Hall–Kier alpha value is -2.32. The molecule has 0 amide bonds. The zero-order valence-corrected chi connectivity index (χ0v) is 13.1. The lowest BCUT2D eigenvalue weighted by Crippen LogP contribution is -1.98. The van der Waals surface area contributed by atoms with Gasteiger partial charge in [0.1, 0.15) is 0 Å². The maximum atomic E-state index is 13.9. The number of nitrogens with one attached hydrogen (secondary N) is 2. The molecule has 0 aliphatic carbocycles. The Kier molecular flexibility index (Phi) is 2.46. The fraction of sp³-hybridized carbons (Fsp3) is 0. The number of fused-ring (bicyclic) bond motifs is 6. The van der Waals surface area contributed by atoms with Gasteiger partial charge in [-0.2, -0.15) is 8.78 Å². The van der Waals surface area contributed by atoms with Crippen LogP contribution < -0.4 is 10.7 Å². The van der Waals surface area contributed by atoms with E-state index in [0.717, 1.165) is 0 Å². The van der Waals surface area contributed by atoms with Crippen LogP contribution in [0.15, 0.2) is 12.1 Å². The average Bonchev–Trinajstić information content (AvgIpc) is 3.19. The molecule has 0 radical (unpaired) electrons. The van der Waals surface area contributed by atoms with Gasteiger partial charge in [0.25, 0.3) is 0 Å². The molecule has 0 aliphatic heterocycles. The Bertz CT molecular complexity index is 1320. The van der Waals surface area contributed by atoms with Gasteiger partial charge in [-0.3, -0.25) is 10.8 Å². The van der Waals surface area contributed by atoms with Crippen LogP contribution in [-0.2, 0) is 0 Å². The van der Waals surface area contributed by atoms with Crippen molar-refractivity contribution in [1.29, 1.82) is 10.8 Å². The molecule has 2 nitrogen and oxygen atoms in total. The SMILES string of the molecule is N=c1c2cc3c(cc2c2sc(F)c(F)c12)c(=N)c1c(F)c(F)sc13. The average molecular weight is 364 g/mol. The minimum Gasteiger partial charge on any atom is -0.299 e. The summed E-state index contributed by atoms with van der Waals surface area (Å²) in [5, 5.41) is 15.4. The highest BCUT2D eigenvalue weighted by molar-refractivity contribution is 7.19. The number of benzene rings is 1. The molecule has 0 atom stereocenters. The topological polar surface area (TPSA) is 47.7 Å². The molecule has 5 rings (SSSR count). The van der Waals surface area contributed by atoms with Gasteiger partial charge in [-0.15, -0.1) is 22.7 Å². The largest absolute Gasteiger partial charge is 0.299 e. The number of hydrogen-bond donors (Lipinski definition) is 2. The molecule has 0 aliphatic rings. The minimum absolute atomic E-state index is 0.0912. The first-order valence-corrected chi connectivity index (χ1v) is 8.36. The molecule has 3 aromatic carbocycles. The minimum atomic E-state index is -1.06. The molecule has 8 heteroatoms. The van der Waals surface area contributed by atoms with Gasteiger partial charge in [-0.05, 0) is 12.1 Å². The third-order valence-corrected chi connectivity index (χ3v) is 6.28. The van der Waals surface area contributed by atoms with E-state index in [2.05, 4.69) is 0 Å². The zero-order valence-electron chi connectivity index (χ0n) is 11.5. The van der Waals surface area contributed by atoms with E-state index in [0.29, 0.717) is 53.6 Å². The Balaban J connectivity index is 2.11. The van der Waals surface area contributed by atoms with Crippen LogP contribution in [0.5, 0.6) is 0 Å². The van der Waals surface area contributed by atoms with Gasteiger partial charge in [0.15, 0.2) is 11.6 Å². The van der Waals surface area contributed by atoms with E-state index in [1.54, 1.807) is 0 Å². The van der Waals surface area contributed by atoms with Crippen molar-refractivity contribution in [3.63, 3.8) is 0 Å². The van der Waals surface area contributed by atoms with Crippen LogP contribution in [0.2, 0.25) is 0 Å². The van der Waals surface area contributed by atoms with Crippen LogP contribution in [0.25, 0.3) is 41.7 Å². The number of halogens is 4. The van der Waals surface area contributed by atoms with E-state index in [9.17, 15) is 17.6 Å². The molecule has 0 fully saturated rings. The second-order valence-corrected chi connectivity index (χ2v) is 7.42. The lowest BCUT2D eigenvalue weighted by molar-refractivity contribution is 0.537. The first kappa shape index (κ1) is 14.1. The summed E-state index contributed by atoms with van der Waals surface area (Å²) in [4.78, 5) is 0. The van der Waals surface area contributed by atoms with Crippen LogP contribution in [0.1, 0.15) is 0 Å². The third kappa shape index (κ3) is 1.41. The van der Waals surface area contributed by atoms with Crippen molar-refractivity contribution >= 4 is 64.4 Å². The summed E-state index contributed by atoms with van der Waals surface area (Å²) in [5.74, 6) is -2.11. The number of rotatable bonds is 0. The molecule has 0 saturated heterocycles. The Morgan fingerprint density at radius 3 is 1.38 bits per heavy atom. The lowest BCUT2D eigenvalue weighted by atomic mass is 10.1. The second-order valence-electron chi connectivity index (χ2n) is 5.48. The van der Waals surface area contributed by atoms with Crippen LogP contribution in [0.3, 0.4) is 0 Å². The third-order valence-electron chi connectivity index (χ3n) is 4.31. The van der Waals surface area contributed by atoms with Crippen molar-refractivity contribution in [2.45, 2.75) is 0 Å². The molecule has 0 bridgehead atoms. The van der Waals surface area contributed by atoms with Crippen molar-refractivity contribution in [2.24, 2.45) is 0 Å². The van der Waals surface area contributed by atoms with E-state index in [1.165, 1.54) is 12.1 Å². The van der Waals surface area contributed by atoms with Crippen molar-refractivity contribution < 1.29 is 17.6 Å². The van der Waals surface area contributed by atoms with Crippen molar-refractivity contribution in [1.82, 2.24) is 0 Å². The summed E-state index contributed by atoms with van der Waals surface area (Å²) < 4.78 is 55.4. The van der Waals surface area contributed by atoms with Crippen LogP contribution in [-0.4, -0.2) is 0 Å². The molecule has 24 heavy (non-hydrogen) atoms. The summed E-state index contributed by atoms with van der Waals surface area (Å²) in [5.41, 5.74) is 0. The molecule has 0 saturated carbocycles. The predicted molar refractivity (Wildman–Crippen MR) is 86.1 cm³/mol. The van der Waals surface area contributed by atoms with E-state index < -0.39 is 21.9 Å². The van der Waals surface area contributed by atoms with Crippen molar-refractivity contribution in [3.8, 4) is 0 Å². The van der Waals surface area contributed by atoms with Crippen molar-refractivity contribution in [3.05, 3.63) is 44.7 Å². The molecule has 0 unspecified atom stereocenters. The monoisotopic (exact) mass is 364 g/mol. The van der Waals surface area contributed by atoms with E-state index in [-0.39, 0.29) is 21.5 Å². The van der Waals surface area contributed by atoms with Gasteiger partial charge in [0, 0.05) is 21.5 Å². The molecule has 5 aromatic rings. The lowest BCUT2D eigenvalue weighted by Gasteiger charge is -1.94. The smallest absolute Gasteiger partial charge is 0.213 e. The molecule has 2 heterocycles. The molecular formula is C16H4F4N2S2.